The number of carbonyl (C=O) groups excluding carboxylic acids is 1. The number of esters is 1. The van der Waals surface area contributed by atoms with Gasteiger partial charge in [-0.2, -0.15) is 0 Å². The monoisotopic (exact) mass is 460 g/mol. The van der Waals surface area contributed by atoms with Crippen molar-refractivity contribution in [1.82, 2.24) is 4.68 Å². The van der Waals surface area contributed by atoms with E-state index in [1.54, 1.807) is 19.2 Å². The summed E-state index contributed by atoms with van der Waals surface area (Å²) in [5.74, 6) is 0.856. The molecule has 0 saturated heterocycles. The molecule has 0 unspecified atom stereocenters. The average Bonchev–Trinajstić information content (AvgIpc) is 3.32. The van der Waals surface area contributed by atoms with Crippen molar-refractivity contribution in [2.45, 2.75) is 46.4 Å². The Morgan fingerprint density at radius 2 is 1.97 bits per heavy atom. The molecule has 0 saturated carbocycles. The minimum absolute atomic E-state index is 0.0374. The maximum atomic E-state index is 12.9. The Balaban J connectivity index is 1.62. The zero-order valence-corrected chi connectivity index (χ0v) is 19.7. The van der Waals surface area contributed by atoms with Crippen LogP contribution in [0.25, 0.3) is 11.3 Å². The fourth-order valence-electron chi connectivity index (χ4n) is 4.66. The Bertz CT molecular complexity index is 1300. The number of hydrogen-bond donors (Lipinski definition) is 0. The molecule has 5 rings (SSSR count). The van der Waals surface area contributed by atoms with E-state index >= 15 is 0 Å². The number of hydrogen-bond acceptors (Lipinski definition) is 6. The van der Waals surface area contributed by atoms with E-state index in [4.69, 9.17) is 14.2 Å². The van der Waals surface area contributed by atoms with Gasteiger partial charge in [0, 0.05) is 35.9 Å². The van der Waals surface area contributed by atoms with E-state index in [1.165, 1.54) is 0 Å². The lowest BCUT2D eigenvalue weighted by Crippen LogP contribution is -2.44. The maximum absolute atomic E-state index is 12.9. The third-order valence-electron chi connectivity index (χ3n) is 6.25. The van der Waals surface area contributed by atoms with E-state index in [1.807, 2.05) is 41.1 Å². The van der Waals surface area contributed by atoms with Crippen LogP contribution in [0.15, 0.2) is 53.5 Å². The Morgan fingerprint density at radius 1 is 1.18 bits per heavy atom. The van der Waals surface area contributed by atoms with Crippen LogP contribution in [0.2, 0.25) is 0 Å². The second-order valence-electron chi connectivity index (χ2n) is 8.78. The summed E-state index contributed by atoms with van der Waals surface area (Å²) >= 11 is 0. The van der Waals surface area contributed by atoms with Crippen molar-refractivity contribution >= 4 is 5.97 Å². The smallest absolute Gasteiger partial charge is 0.343 e. The molecule has 0 spiro atoms. The van der Waals surface area contributed by atoms with Crippen LogP contribution in [0.5, 0.6) is 11.5 Å². The number of pyridine rings is 1. The molecule has 2 aliphatic rings. The third kappa shape index (κ3) is 3.81. The number of rotatable bonds is 6. The van der Waals surface area contributed by atoms with Gasteiger partial charge < -0.3 is 19.2 Å². The van der Waals surface area contributed by atoms with Gasteiger partial charge in [-0.25, -0.2) is 4.79 Å². The van der Waals surface area contributed by atoms with Gasteiger partial charge in [0.1, 0.15) is 12.2 Å². The number of carbonyl (C=O) groups is 1. The molecule has 1 aromatic heterocycles. The molecular formula is C27H28N2O5. The van der Waals surface area contributed by atoms with Crippen molar-refractivity contribution in [1.29, 1.82) is 0 Å². The lowest BCUT2D eigenvalue weighted by Gasteiger charge is -2.38. The first kappa shape index (κ1) is 22.1. The molecule has 0 atom stereocenters. The van der Waals surface area contributed by atoms with Gasteiger partial charge in [-0.05, 0) is 38.0 Å². The fourth-order valence-corrected chi connectivity index (χ4v) is 4.66. The van der Waals surface area contributed by atoms with Crippen molar-refractivity contribution < 1.29 is 19.0 Å². The molecule has 0 fully saturated rings. The third-order valence-corrected chi connectivity index (χ3v) is 6.25. The van der Waals surface area contributed by atoms with Crippen LogP contribution in [0.4, 0.5) is 0 Å². The predicted octanol–water partition coefficient (Wildman–Crippen LogP) is 4.07. The van der Waals surface area contributed by atoms with Crippen LogP contribution in [0, 0.1) is 0 Å². The molecule has 7 heteroatoms. The summed E-state index contributed by atoms with van der Waals surface area (Å²) < 4.78 is 19.2. The molecule has 0 aliphatic carbocycles. The first-order valence-corrected chi connectivity index (χ1v) is 11.7. The highest BCUT2D eigenvalue weighted by Gasteiger charge is 2.32. The minimum Gasteiger partial charge on any atom is -0.489 e. The molecule has 3 aromatic rings. The maximum Gasteiger partial charge on any atom is 0.343 e. The highest BCUT2D eigenvalue weighted by Crippen LogP contribution is 2.46. The van der Waals surface area contributed by atoms with Crippen molar-refractivity contribution in [3.63, 3.8) is 0 Å². The topological polar surface area (TPSA) is 70.0 Å². The number of ether oxygens (including phenoxy) is 3. The zero-order chi connectivity index (χ0) is 23.8. The fraction of sp³-hybridized carbons (Fsp3) is 0.333. The molecule has 34 heavy (non-hydrogen) atoms. The number of fused-ring (bicyclic) bond motifs is 5. The van der Waals surface area contributed by atoms with E-state index < -0.39 is 5.97 Å². The number of aromatic nitrogens is 1. The first-order valence-electron chi connectivity index (χ1n) is 11.7. The molecule has 176 valence electrons. The van der Waals surface area contributed by atoms with E-state index in [-0.39, 0.29) is 23.6 Å². The van der Waals surface area contributed by atoms with E-state index in [2.05, 4.69) is 18.9 Å². The summed E-state index contributed by atoms with van der Waals surface area (Å²) in [6.07, 6.45) is 2.34. The average molecular weight is 461 g/mol. The summed E-state index contributed by atoms with van der Waals surface area (Å²) in [5, 5.41) is 2.13. The first-order chi connectivity index (χ1) is 16.5. The largest absolute Gasteiger partial charge is 0.489 e. The van der Waals surface area contributed by atoms with Gasteiger partial charge in [0.15, 0.2) is 16.9 Å². The van der Waals surface area contributed by atoms with E-state index in [0.29, 0.717) is 19.8 Å². The SMILES string of the molecule is CCOC(=O)c1cn2c(cc1=O)-c1c(cc(OCc3ccccc3)c3c1CCO3)CN2C(C)C. The van der Waals surface area contributed by atoms with Crippen LogP contribution in [-0.4, -0.2) is 29.9 Å². The molecule has 3 heterocycles. The summed E-state index contributed by atoms with van der Waals surface area (Å²) in [6, 6.07) is 13.7. The molecule has 0 bridgehead atoms. The molecule has 2 aromatic carbocycles. The second-order valence-corrected chi connectivity index (χ2v) is 8.78. The standard InChI is InChI=1S/C27H28N2O5/c1-4-32-27(31)21-15-29-22(13-23(21)30)25-19(14-28(29)17(2)3)12-24(26-20(25)10-11-33-26)34-16-18-8-6-5-7-9-18/h5-9,12-13,15,17H,4,10-11,14,16H2,1-3H3. The van der Waals surface area contributed by atoms with Gasteiger partial charge in [0.2, 0.25) is 0 Å². The summed E-state index contributed by atoms with van der Waals surface area (Å²) in [4.78, 5) is 25.3. The molecular weight excluding hydrogens is 432 g/mol. The van der Waals surface area contributed by atoms with Crippen LogP contribution in [0.3, 0.4) is 0 Å². The van der Waals surface area contributed by atoms with Crippen molar-refractivity contribution in [3.8, 4) is 22.8 Å². The highest BCUT2D eigenvalue weighted by atomic mass is 16.5. The molecule has 2 aliphatic heterocycles. The molecule has 7 nitrogen and oxygen atoms in total. The second kappa shape index (κ2) is 8.89. The van der Waals surface area contributed by atoms with Crippen molar-refractivity contribution in [3.05, 3.63) is 81.1 Å². The van der Waals surface area contributed by atoms with E-state index in [9.17, 15) is 9.59 Å². The Kier molecular flexibility index (Phi) is 5.77. The van der Waals surface area contributed by atoms with Crippen LogP contribution < -0.4 is 19.9 Å². The highest BCUT2D eigenvalue weighted by molar-refractivity contribution is 5.90. The Labute approximate surface area is 198 Å². The number of benzene rings is 2. The number of nitrogens with zero attached hydrogens (tertiary/aromatic N) is 2. The zero-order valence-electron chi connectivity index (χ0n) is 19.7. The van der Waals surface area contributed by atoms with Gasteiger partial charge in [0.25, 0.3) is 0 Å². The summed E-state index contributed by atoms with van der Waals surface area (Å²) in [6.45, 7) is 7.73. The quantitative estimate of drug-likeness (QED) is 0.517. The van der Waals surface area contributed by atoms with E-state index in [0.717, 1.165) is 45.9 Å². The lowest BCUT2D eigenvalue weighted by molar-refractivity contribution is 0.0523. The van der Waals surface area contributed by atoms with Crippen LogP contribution in [0.1, 0.15) is 47.8 Å². The van der Waals surface area contributed by atoms with Gasteiger partial charge in [-0.3, -0.25) is 9.47 Å². The summed E-state index contributed by atoms with van der Waals surface area (Å²) in [7, 11) is 0. The Morgan fingerprint density at radius 3 is 2.71 bits per heavy atom. The van der Waals surface area contributed by atoms with Gasteiger partial charge >= 0.3 is 5.97 Å². The van der Waals surface area contributed by atoms with Crippen molar-refractivity contribution in [2.24, 2.45) is 0 Å². The molecule has 0 amide bonds. The van der Waals surface area contributed by atoms with Crippen LogP contribution in [-0.2, 0) is 24.3 Å². The summed E-state index contributed by atoms with van der Waals surface area (Å²) in [5.41, 5.74) is 4.63. The van der Waals surface area contributed by atoms with Gasteiger partial charge in [0.05, 0.1) is 25.5 Å². The van der Waals surface area contributed by atoms with Gasteiger partial charge in [-0.1, -0.05) is 30.3 Å². The lowest BCUT2D eigenvalue weighted by atomic mass is 9.93. The Hall–Kier alpha value is -3.74. The predicted molar refractivity (Wildman–Crippen MR) is 129 cm³/mol. The normalized spacial score (nSPS) is 13.7. The van der Waals surface area contributed by atoms with Gasteiger partial charge in [-0.15, -0.1) is 0 Å². The molecule has 0 radical (unpaired) electrons. The minimum atomic E-state index is -0.601. The molecule has 0 N–H and O–H groups in total. The van der Waals surface area contributed by atoms with Crippen molar-refractivity contribution in [2.75, 3.05) is 18.2 Å². The van der Waals surface area contributed by atoms with Crippen LogP contribution >= 0.6 is 0 Å².